The molecule has 1 aromatic carbocycles. The Bertz CT molecular complexity index is 765. The van der Waals surface area contributed by atoms with Crippen molar-refractivity contribution in [2.24, 2.45) is 5.73 Å². The highest BCUT2D eigenvalue weighted by Gasteiger charge is 2.42. The number of piperidine rings is 2. The third-order valence-electron chi connectivity index (χ3n) is 8.47. The zero-order valence-electron chi connectivity index (χ0n) is 21.1. The highest BCUT2D eigenvalue weighted by molar-refractivity contribution is 5.54. The Morgan fingerprint density at radius 2 is 1.47 bits per heavy atom. The van der Waals surface area contributed by atoms with Crippen molar-refractivity contribution >= 4 is 12.5 Å². The van der Waals surface area contributed by atoms with Crippen LogP contribution in [0.25, 0.3) is 0 Å². The van der Waals surface area contributed by atoms with Gasteiger partial charge >= 0.3 is 0 Å². The number of hydrogen-bond acceptors (Lipinski definition) is 7. The van der Waals surface area contributed by atoms with Gasteiger partial charge in [-0.05, 0) is 76.9 Å². The Morgan fingerprint density at radius 1 is 0.853 bits per heavy atom. The number of fused-ring (bicyclic) bond motifs is 1. The Morgan fingerprint density at radius 3 is 2.09 bits per heavy atom. The summed E-state index contributed by atoms with van der Waals surface area (Å²) in [5, 5.41) is 0. The number of ether oxygens (including phenoxy) is 2. The highest BCUT2D eigenvalue weighted by atomic mass is 16.7. The molecule has 4 heterocycles. The second-order valence-electron chi connectivity index (χ2n) is 10.2. The fourth-order valence-electron chi connectivity index (χ4n) is 6.24. The summed E-state index contributed by atoms with van der Waals surface area (Å²) in [6.45, 7) is 9.90. The first-order valence-corrected chi connectivity index (χ1v) is 13.3. The van der Waals surface area contributed by atoms with E-state index in [0.29, 0.717) is 6.61 Å². The predicted octanol–water partition coefficient (Wildman–Crippen LogP) is 3.39. The van der Waals surface area contributed by atoms with Gasteiger partial charge in [0.2, 0.25) is 5.79 Å². The smallest absolute Gasteiger partial charge is 0.213 e. The molecule has 190 valence electrons. The van der Waals surface area contributed by atoms with Gasteiger partial charge in [0.1, 0.15) is 12.5 Å². The molecule has 4 aliphatic heterocycles. The second kappa shape index (κ2) is 11.8. The number of nitrogens with zero attached hydrogens (tertiary/aromatic N) is 3. The molecule has 0 amide bonds. The van der Waals surface area contributed by atoms with Crippen molar-refractivity contribution in [3.05, 3.63) is 23.8 Å². The van der Waals surface area contributed by atoms with Crippen molar-refractivity contribution in [2.75, 3.05) is 51.2 Å². The molecule has 34 heavy (non-hydrogen) atoms. The zero-order valence-corrected chi connectivity index (χ0v) is 21.1. The maximum atomic E-state index is 8.00. The molecule has 0 radical (unpaired) electrons. The van der Waals surface area contributed by atoms with E-state index in [9.17, 15) is 0 Å². The van der Waals surface area contributed by atoms with Crippen molar-refractivity contribution in [2.45, 2.75) is 82.3 Å². The fourth-order valence-corrected chi connectivity index (χ4v) is 6.24. The van der Waals surface area contributed by atoms with Gasteiger partial charge in [-0.3, -0.25) is 4.90 Å². The van der Waals surface area contributed by atoms with Gasteiger partial charge in [0.25, 0.3) is 0 Å². The number of hydrogen-bond donors (Lipinski definition) is 1. The van der Waals surface area contributed by atoms with Crippen LogP contribution in [0.2, 0.25) is 0 Å². The minimum absolute atomic E-state index is 0.386. The number of likely N-dealkylation sites (tertiary alicyclic amines) is 2. The first-order chi connectivity index (χ1) is 16.8. The minimum Gasteiger partial charge on any atom is -0.462 e. The molecule has 0 unspecified atom stereocenters. The summed E-state index contributed by atoms with van der Waals surface area (Å²) in [5.41, 5.74) is 7.07. The molecule has 7 heteroatoms. The Labute approximate surface area is 205 Å². The quantitative estimate of drug-likeness (QED) is 0.723. The van der Waals surface area contributed by atoms with Crippen LogP contribution in [0, 0.1) is 0 Å². The largest absolute Gasteiger partial charge is 0.462 e. The predicted molar refractivity (Wildman–Crippen MR) is 136 cm³/mol. The van der Waals surface area contributed by atoms with Crippen molar-refractivity contribution in [3.8, 4) is 5.75 Å². The molecule has 3 saturated heterocycles. The molecule has 4 fully saturated rings. The SMILES string of the molecule is C=O.CN.c1cc2c(cc1N1CCC(N3CCCC3)CC1)COC1(CCN(C3CCC3)CC1)O2. The van der Waals surface area contributed by atoms with Crippen LogP contribution in [0.1, 0.15) is 63.4 Å². The van der Waals surface area contributed by atoms with Gasteiger partial charge < -0.3 is 29.8 Å². The maximum absolute atomic E-state index is 8.00. The lowest BCUT2D eigenvalue weighted by molar-refractivity contribution is -0.231. The molecule has 0 atom stereocenters. The van der Waals surface area contributed by atoms with Crippen molar-refractivity contribution < 1.29 is 14.3 Å². The van der Waals surface area contributed by atoms with Gasteiger partial charge in [0.15, 0.2) is 0 Å². The summed E-state index contributed by atoms with van der Waals surface area (Å²) in [4.78, 5) is 15.9. The van der Waals surface area contributed by atoms with E-state index in [4.69, 9.17) is 14.3 Å². The Kier molecular flexibility index (Phi) is 8.86. The van der Waals surface area contributed by atoms with Crippen molar-refractivity contribution in [1.29, 1.82) is 0 Å². The molecule has 7 nitrogen and oxygen atoms in total. The molecule has 1 spiro atoms. The van der Waals surface area contributed by atoms with E-state index >= 15 is 0 Å². The summed E-state index contributed by atoms with van der Waals surface area (Å²) in [6.07, 6.45) is 11.5. The molecule has 1 aliphatic carbocycles. The standard InChI is InChI=1S/C25H37N3O2.CH5N.CH2O/c1-2-13-26(12-1)22-8-14-27(15-9-22)23-6-7-24-20(18-23)19-29-25(30-24)10-16-28(17-11-25)21-4-3-5-21;2*1-2/h6-7,18,21-22H,1-5,8-17,19H2;2H2,1H3;1H2. The van der Waals surface area contributed by atoms with Crippen LogP contribution < -0.4 is 15.4 Å². The molecular weight excluding hydrogens is 428 g/mol. The van der Waals surface area contributed by atoms with Crippen LogP contribution >= 0.6 is 0 Å². The van der Waals surface area contributed by atoms with Crippen LogP contribution in [0.15, 0.2) is 18.2 Å². The van der Waals surface area contributed by atoms with E-state index in [2.05, 4.69) is 38.6 Å². The van der Waals surface area contributed by atoms with Gasteiger partial charge in [-0.25, -0.2) is 0 Å². The van der Waals surface area contributed by atoms with Crippen LogP contribution in [0.3, 0.4) is 0 Å². The number of benzene rings is 1. The third-order valence-corrected chi connectivity index (χ3v) is 8.47. The van der Waals surface area contributed by atoms with Crippen molar-refractivity contribution in [3.63, 3.8) is 0 Å². The average molecular weight is 473 g/mol. The summed E-state index contributed by atoms with van der Waals surface area (Å²) in [5.74, 6) is 0.664. The number of carbonyl (C=O) groups excluding carboxylic acids is 1. The number of nitrogens with two attached hydrogens (primary N) is 1. The Balaban J connectivity index is 0.000000652. The van der Waals surface area contributed by atoms with Gasteiger partial charge in [-0.1, -0.05) is 6.42 Å². The normalized spacial score (nSPS) is 25.3. The van der Waals surface area contributed by atoms with Crippen LogP contribution in [-0.2, 0) is 16.1 Å². The fraction of sp³-hybridized carbons (Fsp3) is 0.741. The van der Waals surface area contributed by atoms with Crippen molar-refractivity contribution in [1.82, 2.24) is 9.80 Å². The van der Waals surface area contributed by atoms with E-state index in [1.165, 1.54) is 89.4 Å². The maximum Gasteiger partial charge on any atom is 0.213 e. The number of carbonyl (C=O) groups is 1. The van der Waals surface area contributed by atoms with E-state index in [1.807, 2.05) is 6.79 Å². The van der Waals surface area contributed by atoms with E-state index < -0.39 is 0 Å². The molecule has 0 bridgehead atoms. The summed E-state index contributed by atoms with van der Waals surface area (Å²) >= 11 is 0. The van der Waals surface area contributed by atoms with E-state index in [1.54, 1.807) is 0 Å². The summed E-state index contributed by atoms with van der Waals surface area (Å²) in [7, 11) is 1.50. The lowest BCUT2D eigenvalue weighted by Crippen LogP contribution is -2.54. The Hall–Kier alpha value is -1.67. The molecule has 0 aromatic heterocycles. The minimum atomic E-state index is -0.386. The van der Waals surface area contributed by atoms with Crippen LogP contribution in [0.4, 0.5) is 5.69 Å². The van der Waals surface area contributed by atoms with E-state index in [0.717, 1.165) is 43.8 Å². The lowest BCUT2D eigenvalue weighted by atomic mass is 9.89. The third kappa shape index (κ3) is 5.43. The summed E-state index contributed by atoms with van der Waals surface area (Å²) < 4.78 is 12.9. The first-order valence-electron chi connectivity index (χ1n) is 13.3. The molecule has 1 saturated carbocycles. The average Bonchev–Trinajstić information content (AvgIpc) is 3.42. The monoisotopic (exact) mass is 472 g/mol. The highest BCUT2D eigenvalue weighted by Crippen LogP contribution is 2.40. The molecule has 5 aliphatic rings. The topological polar surface area (TPSA) is 71.3 Å². The van der Waals surface area contributed by atoms with E-state index in [-0.39, 0.29) is 5.79 Å². The van der Waals surface area contributed by atoms with Gasteiger partial charge in [0, 0.05) is 62.4 Å². The second-order valence-corrected chi connectivity index (χ2v) is 10.2. The molecule has 1 aromatic rings. The first kappa shape index (κ1) is 25.4. The molecule has 2 N–H and O–H groups in total. The zero-order chi connectivity index (χ0) is 24.0. The van der Waals surface area contributed by atoms with Gasteiger partial charge in [-0.15, -0.1) is 0 Å². The molecule has 6 rings (SSSR count). The van der Waals surface area contributed by atoms with Gasteiger partial charge in [0.05, 0.1) is 6.61 Å². The molecular formula is C27H44N4O3. The van der Waals surface area contributed by atoms with Crippen LogP contribution in [-0.4, -0.2) is 80.8 Å². The van der Waals surface area contributed by atoms with Crippen LogP contribution in [0.5, 0.6) is 5.75 Å². The number of rotatable bonds is 3. The van der Waals surface area contributed by atoms with Gasteiger partial charge in [-0.2, -0.15) is 0 Å². The number of anilines is 1. The summed E-state index contributed by atoms with van der Waals surface area (Å²) in [6, 6.07) is 8.44. The lowest BCUT2D eigenvalue weighted by Gasteiger charge is -2.47.